The Morgan fingerprint density at radius 2 is 1.92 bits per heavy atom. The van der Waals surface area contributed by atoms with Gasteiger partial charge in [0.05, 0.1) is 5.69 Å². The lowest BCUT2D eigenvalue weighted by Gasteiger charge is -2.15. The van der Waals surface area contributed by atoms with Crippen LogP contribution in [0.4, 0.5) is 0 Å². The molecule has 1 atom stereocenters. The van der Waals surface area contributed by atoms with E-state index in [4.69, 9.17) is 5.11 Å². The van der Waals surface area contributed by atoms with E-state index in [1.165, 1.54) is 5.56 Å². The maximum Gasteiger partial charge on any atom is 0.303 e. The lowest BCUT2D eigenvalue weighted by atomic mass is 9.95. The Morgan fingerprint density at radius 1 is 1.23 bits per heavy atom. The van der Waals surface area contributed by atoms with Gasteiger partial charge >= 0.3 is 5.97 Å². The van der Waals surface area contributed by atoms with Crippen molar-refractivity contribution in [3.05, 3.63) is 46.8 Å². The Labute approximate surface area is 153 Å². The highest BCUT2D eigenvalue weighted by Crippen LogP contribution is 2.27. The molecule has 3 rings (SSSR count). The first-order chi connectivity index (χ1) is 12.5. The number of amides is 1. The first kappa shape index (κ1) is 18.2. The van der Waals surface area contributed by atoms with E-state index >= 15 is 0 Å². The van der Waals surface area contributed by atoms with Gasteiger partial charge in [0.25, 0.3) is 5.91 Å². The number of nitrogens with zero attached hydrogens (tertiary/aromatic N) is 2. The summed E-state index contributed by atoms with van der Waals surface area (Å²) in [6, 6.07) is 7.92. The number of hydrogen-bond acceptors (Lipinski definition) is 3. The van der Waals surface area contributed by atoms with Gasteiger partial charge in [-0.1, -0.05) is 17.7 Å². The Kier molecular flexibility index (Phi) is 5.40. The number of carbonyl (C=O) groups excluding carboxylic acids is 1. The van der Waals surface area contributed by atoms with Crippen LogP contribution in [0.1, 0.15) is 59.9 Å². The SMILES string of the molecule is Cc1ccc(-n2nc(C(=O)NC(C)CCC(=O)O)c3c2CCCC3)cc1. The molecule has 26 heavy (non-hydrogen) atoms. The molecule has 0 saturated heterocycles. The van der Waals surface area contributed by atoms with Crippen LogP contribution in [-0.4, -0.2) is 32.8 Å². The molecule has 1 aromatic heterocycles. The third kappa shape index (κ3) is 3.95. The van der Waals surface area contributed by atoms with Crippen molar-refractivity contribution in [1.82, 2.24) is 15.1 Å². The first-order valence-corrected chi connectivity index (χ1v) is 9.16. The van der Waals surface area contributed by atoms with Crippen LogP contribution in [0.5, 0.6) is 0 Å². The van der Waals surface area contributed by atoms with Gasteiger partial charge in [-0.25, -0.2) is 4.68 Å². The molecule has 0 aliphatic heterocycles. The number of carboxylic acids is 1. The molecule has 138 valence electrons. The van der Waals surface area contributed by atoms with E-state index in [1.54, 1.807) is 0 Å². The largest absolute Gasteiger partial charge is 0.481 e. The fourth-order valence-electron chi connectivity index (χ4n) is 3.39. The number of nitrogens with one attached hydrogen (secondary N) is 1. The van der Waals surface area contributed by atoms with E-state index in [9.17, 15) is 9.59 Å². The topological polar surface area (TPSA) is 84.2 Å². The molecule has 0 radical (unpaired) electrons. The van der Waals surface area contributed by atoms with E-state index in [-0.39, 0.29) is 18.4 Å². The molecular formula is C20H25N3O3. The van der Waals surface area contributed by atoms with Gasteiger partial charge in [-0.2, -0.15) is 5.10 Å². The zero-order chi connectivity index (χ0) is 18.7. The predicted octanol–water partition coefficient (Wildman–Crippen LogP) is 3.04. The molecule has 0 fully saturated rings. The summed E-state index contributed by atoms with van der Waals surface area (Å²) in [6.45, 7) is 3.87. The van der Waals surface area contributed by atoms with Crippen molar-refractivity contribution < 1.29 is 14.7 Å². The molecule has 1 aliphatic carbocycles. The summed E-state index contributed by atoms with van der Waals surface area (Å²) < 4.78 is 1.89. The van der Waals surface area contributed by atoms with Gasteiger partial charge in [0.2, 0.25) is 0 Å². The van der Waals surface area contributed by atoms with E-state index in [0.29, 0.717) is 12.1 Å². The number of benzene rings is 1. The monoisotopic (exact) mass is 355 g/mol. The fourth-order valence-corrected chi connectivity index (χ4v) is 3.39. The van der Waals surface area contributed by atoms with Crippen molar-refractivity contribution in [2.24, 2.45) is 0 Å². The van der Waals surface area contributed by atoms with Crippen LogP contribution in [-0.2, 0) is 17.6 Å². The molecular weight excluding hydrogens is 330 g/mol. The molecule has 1 aliphatic rings. The summed E-state index contributed by atoms with van der Waals surface area (Å²) in [7, 11) is 0. The minimum atomic E-state index is -0.855. The second-order valence-corrected chi connectivity index (χ2v) is 7.04. The van der Waals surface area contributed by atoms with Crippen molar-refractivity contribution in [3.63, 3.8) is 0 Å². The highest BCUT2D eigenvalue weighted by atomic mass is 16.4. The highest BCUT2D eigenvalue weighted by Gasteiger charge is 2.26. The van der Waals surface area contributed by atoms with Gasteiger partial charge in [-0.15, -0.1) is 0 Å². The highest BCUT2D eigenvalue weighted by molar-refractivity contribution is 5.94. The van der Waals surface area contributed by atoms with E-state index in [2.05, 4.69) is 10.4 Å². The smallest absolute Gasteiger partial charge is 0.303 e. The summed E-state index contributed by atoms with van der Waals surface area (Å²) in [5.74, 6) is -1.07. The normalized spacial score (nSPS) is 14.5. The van der Waals surface area contributed by atoms with Crippen LogP contribution in [0, 0.1) is 6.92 Å². The lowest BCUT2D eigenvalue weighted by Crippen LogP contribution is -2.34. The summed E-state index contributed by atoms with van der Waals surface area (Å²) in [6.07, 6.45) is 4.37. The van der Waals surface area contributed by atoms with Crippen LogP contribution in [0.2, 0.25) is 0 Å². The number of aromatic nitrogens is 2. The minimum Gasteiger partial charge on any atom is -0.481 e. The van der Waals surface area contributed by atoms with Gasteiger partial charge < -0.3 is 10.4 Å². The fraction of sp³-hybridized carbons (Fsp3) is 0.450. The van der Waals surface area contributed by atoms with Crippen LogP contribution in [0.15, 0.2) is 24.3 Å². The van der Waals surface area contributed by atoms with Gasteiger partial charge in [0, 0.05) is 23.7 Å². The maximum absolute atomic E-state index is 12.7. The van der Waals surface area contributed by atoms with Gasteiger partial charge in [0.15, 0.2) is 5.69 Å². The Hall–Kier alpha value is -2.63. The Morgan fingerprint density at radius 3 is 2.62 bits per heavy atom. The van der Waals surface area contributed by atoms with Crippen molar-refractivity contribution >= 4 is 11.9 Å². The lowest BCUT2D eigenvalue weighted by molar-refractivity contribution is -0.137. The molecule has 0 bridgehead atoms. The summed E-state index contributed by atoms with van der Waals surface area (Å²) in [5.41, 5.74) is 4.76. The third-order valence-corrected chi connectivity index (χ3v) is 4.84. The first-order valence-electron chi connectivity index (χ1n) is 9.16. The number of rotatable bonds is 6. The second kappa shape index (κ2) is 7.72. The van der Waals surface area contributed by atoms with Crippen LogP contribution in [0.25, 0.3) is 5.69 Å². The molecule has 1 heterocycles. The molecule has 2 N–H and O–H groups in total. The minimum absolute atomic E-state index is 0.0390. The maximum atomic E-state index is 12.7. The van der Waals surface area contributed by atoms with E-state index in [0.717, 1.165) is 42.6 Å². The molecule has 0 spiro atoms. The number of hydrogen-bond donors (Lipinski definition) is 2. The predicted molar refractivity (Wildman–Crippen MR) is 98.7 cm³/mol. The summed E-state index contributed by atoms with van der Waals surface area (Å²) in [4.78, 5) is 23.4. The number of aryl methyl sites for hydroxylation is 1. The molecule has 2 aromatic rings. The van der Waals surface area contributed by atoms with Gasteiger partial charge in [-0.3, -0.25) is 9.59 Å². The van der Waals surface area contributed by atoms with Crippen molar-refractivity contribution in [1.29, 1.82) is 0 Å². The van der Waals surface area contributed by atoms with Crippen LogP contribution >= 0.6 is 0 Å². The number of carbonyl (C=O) groups is 2. The van der Waals surface area contributed by atoms with Crippen molar-refractivity contribution in [3.8, 4) is 5.69 Å². The Bertz CT molecular complexity index is 808. The zero-order valence-electron chi connectivity index (χ0n) is 15.3. The zero-order valence-corrected chi connectivity index (χ0v) is 15.3. The summed E-state index contributed by atoms with van der Waals surface area (Å²) in [5, 5.41) is 16.3. The Balaban J connectivity index is 1.86. The second-order valence-electron chi connectivity index (χ2n) is 7.04. The summed E-state index contributed by atoms with van der Waals surface area (Å²) >= 11 is 0. The third-order valence-electron chi connectivity index (χ3n) is 4.84. The molecule has 0 saturated carbocycles. The molecule has 6 heteroatoms. The molecule has 1 amide bonds. The molecule has 1 aromatic carbocycles. The number of carboxylic acid groups (broad SMARTS) is 1. The van der Waals surface area contributed by atoms with Crippen molar-refractivity contribution in [2.75, 3.05) is 0 Å². The average Bonchev–Trinajstić information content (AvgIpc) is 3.00. The molecule has 1 unspecified atom stereocenters. The number of fused-ring (bicyclic) bond motifs is 1. The van der Waals surface area contributed by atoms with Gasteiger partial charge in [-0.05, 0) is 58.1 Å². The van der Waals surface area contributed by atoms with E-state index in [1.807, 2.05) is 42.8 Å². The standard InChI is InChI=1S/C20H25N3O3/c1-13-7-10-15(11-8-13)23-17-6-4-3-5-16(17)19(22-23)20(26)21-14(2)9-12-18(24)25/h7-8,10-11,14H,3-6,9,12H2,1-2H3,(H,21,26)(H,24,25). The quantitative estimate of drug-likeness (QED) is 0.834. The van der Waals surface area contributed by atoms with Crippen LogP contribution in [0.3, 0.4) is 0 Å². The molecule has 6 nitrogen and oxygen atoms in total. The average molecular weight is 355 g/mol. The van der Waals surface area contributed by atoms with E-state index < -0.39 is 5.97 Å². The van der Waals surface area contributed by atoms with Crippen molar-refractivity contribution in [2.45, 2.75) is 58.4 Å². The van der Waals surface area contributed by atoms with Gasteiger partial charge in [0.1, 0.15) is 0 Å². The van der Waals surface area contributed by atoms with Crippen LogP contribution < -0.4 is 5.32 Å². The number of aliphatic carboxylic acids is 1.